The fourth-order valence-corrected chi connectivity index (χ4v) is 2.27. The summed E-state index contributed by atoms with van der Waals surface area (Å²) in [6.45, 7) is 0.802. The topological polar surface area (TPSA) is 115 Å². The van der Waals surface area contributed by atoms with Crippen LogP contribution >= 0.6 is 0 Å². The molecule has 3 N–H and O–H groups in total. The number of carbonyl (C=O) groups excluding carboxylic acids is 1. The molecule has 0 aliphatic rings. The molecular weight excluding hydrogens is 315 g/mol. The van der Waals surface area contributed by atoms with Gasteiger partial charge < -0.3 is 15.2 Å². The molecule has 2 heterocycles. The molecule has 3 rings (SSSR count). The Balaban J connectivity index is 1.47. The van der Waals surface area contributed by atoms with Crippen molar-refractivity contribution in [3.63, 3.8) is 0 Å². The monoisotopic (exact) mass is 332 g/mol. The van der Waals surface area contributed by atoms with Gasteiger partial charge in [0.1, 0.15) is 11.6 Å². The predicted octanol–water partition coefficient (Wildman–Crippen LogP) is 0.989. The Bertz CT molecular complexity index is 815. The second kappa shape index (κ2) is 7.02. The normalized spacial score (nSPS) is 10.9. The van der Waals surface area contributed by atoms with E-state index in [9.17, 15) is 9.18 Å². The largest absolute Gasteiger partial charge is 0.340 e. The molecule has 2 aromatic heterocycles. The number of aryl methyl sites for hydroxylation is 1. The number of rotatable bonds is 6. The zero-order chi connectivity index (χ0) is 16.9. The first-order valence-corrected chi connectivity index (χ1v) is 7.47. The lowest BCUT2D eigenvalue weighted by Gasteiger charge is -2.16. The summed E-state index contributed by atoms with van der Waals surface area (Å²) in [4.78, 5) is 20.9. The number of nitrogens with zero attached hydrogens (tertiary/aromatic N) is 5. The Kier molecular flexibility index (Phi) is 4.64. The molecule has 9 nitrogen and oxygen atoms in total. The predicted molar refractivity (Wildman–Crippen MR) is 83.4 cm³/mol. The second-order valence-electron chi connectivity index (χ2n) is 5.36. The highest BCUT2D eigenvalue weighted by atomic mass is 19.1. The van der Waals surface area contributed by atoms with Crippen LogP contribution in [0.25, 0.3) is 11.0 Å². The maximum absolute atomic E-state index is 13.2. The van der Waals surface area contributed by atoms with Crippen molar-refractivity contribution in [2.24, 2.45) is 0 Å². The molecule has 0 atom stereocenters. The van der Waals surface area contributed by atoms with Crippen molar-refractivity contribution in [3.8, 4) is 0 Å². The highest BCUT2D eigenvalue weighted by molar-refractivity contribution is 5.76. The third-order valence-electron chi connectivity index (χ3n) is 3.47. The standard InChI is InChI=1S/C14H17FN8O/c1-23(14(24)16-6-2-3-12-19-21-22-20-12)8-13-17-10-5-4-9(15)7-11(10)18-13/h4-5,7H,2-3,6,8H2,1H3,(H,16,24)(H,17,18)(H,19,20,21,22). The van der Waals surface area contributed by atoms with Gasteiger partial charge in [-0.1, -0.05) is 5.21 Å². The summed E-state index contributed by atoms with van der Waals surface area (Å²) in [5.74, 6) is 0.887. The van der Waals surface area contributed by atoms with Crippen molar-refractivity contribution < 1.29 is 9.18 Å². The molecule has 0 fully saturated rings. The van der Waals surface area contributed by atoms with Crippen LogP contribution in [0.2, 0.25) is 0 Å². The summed E-state index contributed by atoms with van der Waals surface area (Å²) >= 11 is 0. The van der Waals surface area contributed by atoms with Gasteiger partial charge in [0.15, 0.2) is 5.82 Å². The number of aromatic amines is 2. The van der Waals surface area contributed by atoms with Gasteiger partial charge in [-0.25, -0.2) is 14.2 Å². The second-order valence-corrected chi connectivity index (χ2v) is 5.36. The van der Waals surface area contributed by atoms with E-state index in [1.807, 2.05) is 0 Å². The summed E-state index contributed by atoms with van der Waals surface area (Å²) in [6.07, 6.45) is 1.35. The van der Waals surface area contributed by atoms with E-state index in [-0.39, 0.29) is 11.8 Å². The van der Waals surface area contributed by atoms with E-state index in [2.05, 4.69) is 35.9 Å². The highest BCUT2D eigenvalue weighted by Gasteiger charge is 2.11. The molecule has 0 spiro atoms. The molecule has 3 aromatic rings. The SMILES string of the molecule is CN(Cc1nc2ccc(F)cc2[nH]1)C(=O)NCCCc1nn[nH]n1. The van der Waals surface area contributed by atoms with Crippen LogP contribution in [0, 0.1) is 5.82 Å². The number of fused-ring (bicyclic) bond motifs is 1. The molecule has 0 bridgehead atoms. The number of urea groups is 1. The molecule has 2 amide bonds. The van der Waals surface area contributed by atoms with Crippen LogP contribution in [-0.2, 0) is 13.0 Å². The Morgan fingerprint density at radius 3 is 3.08 bits per heavy atom. The van der Waals surface area contributed by atoms with Gasteiger partial charge >= 0.3 is 6.03 Å². The van der Waals surface area contributed by atoms with Gasteiger partial charge in [0.2, 0.25) is 0 Å². The number of amides is 2. The fourth-order valence-electron chi connectivity index (χ4n) is 2.27. The summed E-state index contributed by atoms with van der Waals surface area (Å²) < 4.78 is 13.2. The number of hydrogen-bond donors (Lipinski definition) is 3. The number of imidazole rings is 1. The van der Waals surface area contributed by atoms with E-state index in [0.29, 0.717) is 48.6 Å². The van der Waals surface area contributed by atoms with Crippen molar-refractivity contribution in [2.45, 2.75) is 19.4 Å². The number of carbonyl (C=O) groups is 1. The van der Waals surface area contributed by atoms with Crippen molar-refractivity contribution in [2.75, 3.05) is 13.6 Å². The van der Waals surface area contributed by atoms with Gasteiger partial charge in [0.25, 0.3) is 0 Å². The van der Waals surface area contributed by atoms with E-state index >= 15 is 0 Å². The zero-order valence-corrected chi connectivity index (χ0v) is 13.1. The van der Waals surface area contributed by atoms with Crippen LogP contribution in [0.5, 0.6) is 0 Å². The molecule has 126 valence electrons. The number of aromatic nitrogens is 6. The lowest BCUT2D eigenvalue weighted by atomic mass is 10.3. The van der Waals surface area contributed by atoms with E-state index in [1.165, 1.54) is 17.0 Å². The van der Waals surface area contributed by atoms with Crippen LogP contribution in [0.4, 0.5) is 9.18 Å². The summed E-state index contributed by atoms with van der Waals surface area (Å²) in [7, 11) is 1.67. The maximum Gasteiger partial charge on any atom is 0.317 e. The molecule has 0 saturated heterocycles. The smallest absolute Gasteiger partial charge is 0.317 e. The minimum atomic E-state index is -0.328. The van der Waals surface area contributed by atoms with Crippen LogP contribution < -0.4 is 5.32 Å². The van der Waals surface area contributed by atoms with Crippen molar-refractivity contribution in [1.29, 1.82) is 0 Å². The summed E-state index contributed by atoms with van der Waals surface area (Å²) in [5, 5.41) is 16.3. The molecule has 0 radical (unpaired) electrons. The van der Waals surface area contributed by atoms with Crippen LogP contribution in [0.3, 0.4) is 0 Å². The van der Waals surface area contributed by atoms with Crippen LogP contribution in [-0.4, -0.2) is 55.1 Å². The van der Waals surface area contributed by atoms with Crippen LogP contribution in [0.15, 0.2) is 18.2 Å². The van der Waals surface area contributed by atoms with Crippen molar-refractivity contribution >= 4 is 17.1 Å². The Morgan fingerprint density at radius 2 is 2.29 bits per heavy atom. The molecule has 0 aliphatic heterocycles. The first kappa shape index (κ1) is 15.8. The lowest BCUT2D eigenvalue weighted by molar-refractivity contribution is 0.206. The molecule has 10 heteroatoms. The van der Waals surface area contributed by atoms with Crippen molar-refractivity contribution in [1.82, 2.24) is 40.8 Å². The van der Waals surface area contributed by atoms with E-state index in [4.69, 9.17) is 0 Å². The maximum atomic E-state index is 13.2. The van der Waals surface area contributed by atoms with Gasteiger partial charge in [-0.15, -0.1) is 10.2 Å². The number of H-pyrrole nitrogens is 2. The fraction of sp³-hybridized carbons (Fsp3) is 0.357. The van der Waals surface area contributed by atoms with Gasteiger partial charge in [0.05, 0.1) is 17.6 Å². The average Bonchev–Trinajstić information content (AvgIpc) is 3.19. The number of nitrogens with one attached hydrogen (secondary N) is 3. The van der Waals surface area contributed by atoms with Crippen molar-refractivity contribution in [3.05, 3.63) is 35.7 Å². The third-order valence-corrected chi connectivity index (χ3v) is 3.47. The number of hydrogen-bond acceptors (Lipinski definition) is 5. The molecule has 0 saturated carbocycles. The summed E-state index contributed by atoms with van der Waals surface area (Å²) in [6, 6.07) is 4.12. The van der Waals surface area contributed by atoms with E-state index in [1.54, 1.807) is 13.1 Å². The lowest BCUT2D eigenvalue weighted by Crippen LogP contribution is -2.37. The quantitative estimate of drug-likeness (QED) is 0.582. The molecular formula is C14H17FN8O. The van der Waals surface area contributed by atoms with E-state index < -0.39 is 0 Å². The third kappa shape index (κ3) is 3.83. The first-order chi connectivity index (χ1) is 11.6. The minimum Gasteiger partial charge on any atom is -0.340 e. The minimum absolute atomic E-state index is 0.213. The summed E-state index contributed by atoms with van der Waals surface area (Å²) in [5.41, 5.74) is 1.28. The van der Waals surface area contributed by atoms with Gasteiger partial charge in [-0.05, 0) is 24.6 Å². The zero-order valence-electron chi connectivity index (χ0n) is 13.1. The number of benzene rings is 1. The molecule has 0 unspecified atom stereocenters. The van der Waals surface area contributed by atoms with Gasteiger partial charge in [-0.2, -0.15) is 5.21 Å². The Labute approximate surface area is 136 Å². The number of halogens is 1. The first-order valence-electron chi connectivity index (χ1n) is 7.47. The van der Waals surface area contributed by atoms with Gasteiger partial charge in [0, 0.05) is 20.0 Å². The van der Waals surface area contributed by atoms with Crippen LogP contribution in [0.1, 0.15) is 18.1 Å². The Morgan fingerprint density at radius 1 is 1.42 bits per heavy atom. The number of tetrazole rings is 1. The molecule has 24 heavy (non-hydrogen) atoms. The highest BCUT2D eigenvalue weighted by Crippen LogP contribution is 2.13. The van der Waals surface area contributed by atoms with Gasteiger partial charge in [-0.3, -0.25) is 0 Å². The Hall–Kier alpha value is -3.04. The molecule has 0 aliphatic carbocycles. The average molecular weight is 332 g/mol. The molecule has 1 aromatic carbocycles. The van der Waals surface area contributed by atoms with E-state index in [0.717, 1.165) is 0 Å².